The molecule has 1 aromatic carbocycles. The molecule has 2 rings (SSSR count). The Morgan fingerprint density at radius 1 is 1.37 bits per heavy atom. The molecule has 1 fully saturated rings. The van der Waals surface area contributed by atoms with E-state index in [0.717, 1.165) is 32.5 Å². The van der Waals surface area contributed by atoms with E-state index in [2.05, 4.69) is 17.1 Å². The van der Waals surface area contributed by atoms with E-state index in [9.17, 15) is 9.90 Å². The molecule has 0 aliphatic carbocycles. The van der Waals surface area contributed by atoms with E-state index in [1.54, 1.807) is 24.3 Å². The highest BCUT2D eigenvalue weighted by molar-refractivity contribution is 5.96. The number of likely N-dealkylation sites (tertiary alicyclic amines) is 1. The molecule has 104 valence electrons. The number of nitrogens with one attached hydrogen (secondary N) is 1. The second kappa shape index (κ2) is 6.57. The number of para-hydroxylation sites is 1. The van der Waals surface area contributed by atoms with Gasteiger partial charge >= 0.3 is 0 Å². The van der Waals surface area contributed by atoms with Gasteiger partial charge in [0.25, 0.3) is 5.91 Å². The summed E-state index contributed by atoms with van der Waals surface area (Å²) in [5.74, 6) is -0.129. The van der Waals surface area contributed by atoms with E-state index in [1.807, 2.05) is 0 Å². The van der Waals surface area contributed by atoms with Gasteiger partial charge in [-0.25, -0.2) is 0 Å². The van der Waals surface area contributed by atoms with E-state index in [0.29, 0.717) is 5.56 Å². The smallest absolute Gasteiger partial charge is 0.255 e. The van der Waals surface area contributed by atoms with Crippen molar-refractivity contribution in [1.82, 2.24) is 10.2 Å². The largest absolute Gasteiger partial charge is 0.507 e. The molecule has 1 amide bonds. The quantitative estimate of drug-likeness (QED) is 0.872. The number of piperidine rings is 1. The summed E-state index contributed by atoms with van der Waals surface area (Å²) in [5, 5.41) is 12.7. The molecule has 1 saturated heterocycles. The van der Waals surface area contributed by atoms with Gasteiger partial charge in [0, 0.05) is 19.1 Å². The molecular weight excluding hydrogens is 240 g/mol. The van der Waals surface area contributed by atoms with Crippen molar-refractivity contribution in [3.05, 3.63) is 29.8 Å². The number of phenols is 1. The highest BCUT2D eigenvalue weighted by Crippen LogP contribution is 2.17. The van der Waals surface area contributed by atoms with Gasteiger partial charge in [0.05, 0.1) is 5.56 Å². The lowest BCUT2D eigenvalue weighted by Crippen LogP contribution is -2.44. The van der Waals surface area contributed by atoms with Crippen LogP contribution in [0.2, 0.25) is 0 Å². The number of benzene rings is 1. The fraction of sp³-hybridized carbons (Fsp3) is 0.533. The zero-order valence-electron chi connectivity index (χ0n) is 11.4. The van der Waals surface area contributed by atoms with Crippen LogP contribution in [0.3, 0.4) is 0 Å². The first kappa shape index (κ1) is 13.9. The molecule has 19 heavy (non-hydrogen) atoms. The maximum absolute atomic E-state index is 12.1. The number of hydrogen-bond acceptors (Lipinski definition) is 3. The molecule has 1 aliphatic heterocycles. The first-order valence-electron chi connectivity index (χ1n) is 7.02. The molecule has 0 unspecified atom stereocenters. The lowest BCUT2D eigenvalue weighted by atomic mass is 10.0. The van der Waals surface area contributed by atoms with Gasteiger partial charge in [-0.05, 0) is 37.9 Å². The Labute approximate surface area is 114 Å². The van der Waals surface area contributed by atoms with Gasteiger partial charge in [0.15, 0.2) is 0 Å². The number of nitrogens with zero attached hydrogens (tertiary/aromatic N) is 1. The highest BCUT2D eigenvalue weighted by Gasteiger charge is 2.21. The minimum absolute atomic E-state index is 0.0448. The van der Waals surface area contributed by atoms with Crippen molar-refractivity contribution in [2.45, 2.75) is 32.2 Å². The average Bonchev–Trinajstić information content (AvgIpc) is 2.42. The van der Waals surface area contributed by atoms with Crippen LogP contribution in [-0.4, -0.2) is 41.6 Å². The molecule has 2 N–H and O–H groups in total. The van der Waals surface area contributed by atoms with Gasteiger partial charge in [-0.1, -0.05) is 19.1 Å². The summed E-state index contributed by atoms with van der Waals surface area (Å²) < 4.78 is 0. The van der Waals surface area contributed by atoms with Gasteiger partial charge in [0.2, 0.25) is 0 Å². The Kier molecular flexibility index (Phi) is 4.80. The molecular formula is C15H22N2O2. The summed E-state index contributed by atoms with van der Waals surface area (Å²) >= 11 is 0. The average molecular weight is 262 g/mol. The van der Waals surface area contributed by atoms with Crippen molar-refractivity contribution in [2.75, 3.05) is 19.6 Å². The van der Waals surface area contributed by atoms with E-state index in [1.165, 1.54) is 6.42 Å². The third-order valence-corrected chi connectivity index (χ3v) is 3.61. The van der Waals surface area contributed by atoms with Gasteiger partial charge in [-0.3, -0.25) is 4.79 Å². The third-order valence-electron chi connectivity index (χ3n) is 3.61. The van der Waals surface area contributed by atoms with Gasteiger partial charge in [0.1, 0.15) is 5.75 Å². The molecule has 4 nitrogen and oxygen atoms in total. The summed E-state index contributed by atoms with van der Waals surface area (Å²) in [7, 11) is 0. The topological polar surface area (TPSA) is 52.6 Å². The van der Waals surface area contributed by atoms with Crippen molar-refractivity contribution >= 4 is 5.91 Å². The number of amides is 1. The molecule has 0 bridgehead atoms. The van der Waals surface area contributed by atoms with Crippen LogP contribution in [-0.2, 0) is 0 Å². The SMILES string of the molecule is CCCN1CCC(NC(=O)c2ccccc2O)CC1. The second-order valence-corrected chi connectivity index (χ2v) is 5.11. The van der Waals surface area contributed by atoms with Crippen molar-refractivity contribution < 1.29 is 9.90 Å². The van der Waals surface area contributed by atoms with Gasteiger partial charge < -0.3 is 15.3 Å². The van der Waals surface area contributed by atoms with Crippen molar-refractivity contribution in [3.63, 3.8) is 0 Å². The molecule has 0 saturated carbocycles. The van der Waals surface area contributed by atoms with Crippen molar-refractivity contribution in [3.8, 4) is 5.75 Å². The normalized spacial score (nSPS) is 17.3. The predicted octanol–water partition coefficient (Wildman–Crippen LogP) is 2.00. The second-order valence-electron chi connectivity index (χ2n) is 5.11. The van der Waals surface area contributed by atoms with E-state index in [-0.39, 0.29) is 17.7 Å². The zero-order valence-corrected chi connectivity index (χ0v) is 11.4. The van der Waals surface area contributed by atoms with Crippen LogP contribution in [0.5, 0.6) is 5.75 Å². The summed E-state index contributed by atoms with van der Waals surface area (Å²) in [5.41, 5.74) is 0.360. The molecule has 0 radical (unpaired) electrons. The van der Waals surface area contributed by atoms with Crippen molar-refractivity contribution in [1.29, 1.82) is 0 Å². The summed E-state index contributed by atoms with van der Waals surface area (Å²) in [6.07, 6.45) is 3.15. The maximum atomic E-state index is 12.1. The Morgan fingerprint density at radius 3 is 2.68 bits per heavy atom. The minimum atomic E-state index is -0.174. The fourth-order valence-corrected chi connectivity index (χ4v) is 2.55. The van der Waals surface area contributed by atoms with Crippen LogP contribution >= 0.6 is 0 Å². The minimum Gasteiger partial charge on any atom is -0.507 e. The molecule has 1 aliphatic rings. The van der Waals surface area contributed by atoms with E-state index >= 15 is 0 Å². The van der Waals surface area contributed by atoms with E-state index < -0.39 is 0 Å². The third kappa shape index (κ3) is 3.70. The molecule has 0 aromatic heterocycles. The Bertz CT molecular complexity index is 426. The van der Waals surface area contributed by atoms with Crippen LogP contribution in [0, 0.1) is 0 Å². The lowest BCUT2D eigenvalue weighted by Gasteiger charge is -2.32. The van der Waals surface area contributed by atoms with Crippen LogP contribution in [0.4, 0.5) is 0 Å². The Balaban J connectivity index is 1.86. The van der Waals surface area contributed by atoms with Crippen molar-refractivity contribution in [2.24, 2.45) is 0 Å². The zero-order chi connectivity index (χ0) is 13.7. The standard InChI is InChI=1S/C15H22N2O2/c1-2-9-17-10-7-12(8-11-17)16-15(19)13-5-3-4-6-14(13)18/h3-6,12,18H,2,7-11H2,1H3,(H,16,19). The molecule has 0 spiro atoms. The monoisotopic (exact) mass is 262 g/mol. The number of carbonyl (C=O) groups excluding carboxylic acids is 1. The van der Waals surface area contributed by atoms with Crippen LogP contribution < -0.4 is 5.32 Å². The summed E-state index contributed by atoms with van der Waals surface area (Å²) in [4.78, 5) is 14.5. The van der Waals surface area contributed by atoms with Crippen LogP contribution in [0.25, 0.3) is 0 Å². The fourth-order valence-electron chi connectivity index (χ4n) is 2.55. The summed E-state index contributed by atoms with van der Waals surface area (Å²) in [6, 6.07) is 6.89. The van der Waals surface area contributed by atoms with Gasteiger partial charge in [-0.2, -0.15) is 0 Å². The number of aromatic hydroxyl groups is 1. The molecule has 1 heterocycles. The maximum Gasteiger partial charge on any atom is 0.255 e. The lowest BCUT2D eigenvalue weighted by molar-refractivity contribution is 0.0908. The predicted molar refractivity (Wildman–Crippen MR) is 75.3 cm³/mol. The number of carbonyl (C=O) groups is 1. The first-order chi connectivity index (χ1) is 9.20. The molecule has 4 heteroatoms. The van der Waals surface area contributed by atoms with Gasteiger partial charge in [-0.15, -0.1) is 0 Å². The molecule has 1 aromatic rings. The molecule has 0 atom stereocenters. The first-order valence-corrected chi connectivity index (χ1v) is 7.02. The number of phenolic OH excluding ortho intramolecular Hbond substituents is 1. The Hall–Kier alpha value is -1.55. The summed E-state index contributed by atoms with van der Waals surface area (Å²) in [6.45, 7) is 5.41. The number of rotatable bonds is 4. The number of hydrogen-bond donors (Lipinski definition) is 2. The van der Waals surface area contributed by atoms with Crippen LogP contribution in [0.15, 0.2) is 24.3 Å². The highest BCUT2D eigenvalue weighted by atomic mass is 16.3. The Morgan fingerprint density at radius 2 is 2.05 bits per heavy atom. The van der Waals surface area contributed by atoms with Crippen LogP contribution in [0.1, 0.15) is 36.5 Å². The van der Waals surface area contributed by atoms with E-state index in [4.69, 9.17) is 0 Å².